The highest BCUT2D eigenvalue weighted by atomic mass is 16.5. The Morgan fingerprint density at radius 1 is 1.10 bits per heavy atom. The number of imidazole rings is 1. The van der Waals surface area contributed by atoms with Gasteiger partial charge in [-0.15, -0.1) is 0 Å². The monoisotopic (exact) mass is 412 g/mol. The highest BCUT2D eigenvalue weighted by Gasteiger charge is 2.27. The molecule has 1 amide bonds. The molecule has 156 valence electrons. The molecule has 0 radical (unpaired) electrons. The highest BCUT2D eigenvalue weighted by Crippen LogP contribution is 2.32. The summed E-state index contributed by atoms with van der Waals surface area (Å²) in [5.74, 6) is 1.87. The summed E-state index contributed by atoms with van der Waals surface area (Å²) in [6.45, 7) is 1.46. The van der Waals surface area contributed by atoms with Crippen LogP contribution in [0.4, 0.5) is 0 Å². The SMILES string of the molecule is COc1ccc(-c2cccc3c(C(=O)N4CCCC(c5ncc[nH]5)C4)cccc23)cn1. The third-order valence-corrected chi connectivity index (χ3v) is 6.02. The van der Waals surface area contributed by atoms with E-state index in [0.29, 0.717) is 12.4 Å². The van der Waals surface area contributed by atoms with Crippen molar-refractivity contribution < 1.29 is 9.53 Å². The quantitative estimate of drug-likeness (QED) is 0.529. The Balaban J connectivity index is 1.49. The average Bonchev–Trinajstić information content (AvgIpc) is 3.38. The summed E-state index contributed by atoms with van der Waals surface area (Å²) in [7, 11) is 1.61. The highest BCUT2D eigenvalue weighted by molar-refractivity contribution is 6.10. The van der Waals surface area contributed by atoms with Gasteiger partial charge < -0.3 is 14.6 Å². The van der Waals surface area contributed by atoms with Crippen LogP contribution in [-0.4, -0.2) is 46.0 Å². The lowest BCUT2D eigenvalue weighted by atomic mass is 9.94. The molecule has 1 N–H and O–H groups in total. The lowest BCUT2D eigenvalue weighted by Crippen LogP contribution is -2.39. The minimum absolute atomic E-state index is 0.0758. The Hall–Kier alpha value is -3.67. The number of methoxy groups -OCH3 is 1. The van der Waals surface area contributed by atoms with Crippen molar-refractivity contribution in [3.63, 3.8) is 0 Å². The van der Waals surface area contributed by atoms with Crippen LogP contribution in [0.15, 0.2) is 67.1 Å². The number of fused-ring (bicyclic) bond motifs is 1. The van der Waals surface area contributed by atoms with Gasteiger partial charge in [-0.2, -0.15) is 0 Å². The first-order valence-electron chi connectivity index (χ1n) is 10.6. The minimum atomic E-state index is 0.0758. The number of hydrogen-bond acceptors (Lipinski definition) is 4. The van der Waals surface area contributed by atoms with E-state index in [1.807, 2.05) is 47.5 Å². The van der Waals surface area contributed by atoms with Crippen molar-refractivity contribution >= 4 is 16.7 Å². The van der Waals surface area contributed by atoms with Crippen LogP contribution in [-0.2, 0) is 0 Å². The molecular weight excluding hydrogens is 388 g/mol. The zero-order chi connectivity index (χ0) is 21.2. The Kier molecular flexibility index (Phi) is 5.12. The number of ether oxygens (including phenoxy) is 1. The number of carbonyl (C=O) groups excluding carboxylic acids is 1. The number of pyridine rings is 1. The van der Waals surface area contributed by atoms with Crippen molar-refractivity contribution in [1.82, 2.24) is 19.9 Å². The fourth-order valence-electron chi connectivity index (χ4n) is 4.46. The maximum atomic E-state index is 13.5. The van der Waals surface area contributed by atoms with Crippen LogP contribution in [0.3, 0.4) is 0 Å². The van der Waals surface area contributed by atoms with Crippen LogP contribution >= 0.6 is 0 Å². The maximum Gasteiger partial charge on any atom is 0.254 e. The summed E-state index contributed by atoms with van der Waals surface area (Å²) in [6.07, 6.45) is 7.44. The molecule has 3 heterocycles. The number of carbonyl (C=O) groups is 1. The van der Waals surface area contributed by atoms with Gasteiger partial charge in [-0.1, -0.05) is 30.3 Å². The number of likely N-dealkylation sites (tertiary alicyclic amines) is 1. The van der Waals surface area contributed by atoms with Crippen LogP contribution in [0.25, 0.3) is 21.9 Å². The molecule has 1 saturated heterocycles. The lowest BCUT2D eigenvalue weighted by Gasteiger charge is -2.32. The van der Waals surface area contributed by atoms with Crippen LogP contribution in [0.5, 0.6) is 5.88 Å². The van der Waals surface area contributed by atoms with E-state index in [4.69, 9.17) is 4.74 Å². The Labute approximate surface area is 180 Å². The second-order valence-electron chi connectivity index (χ2n) is 7.86. The second-order valence-corrected chi connectivity index (χ2v) is 7.86. The predicted molar refractivity (Wildman–Crippen MR) is 120 cm³/mol. The number of aromatic amines is 1. The number of rotatable bonds is 4. The van der Waals surface area contributed by atoms with E-state index in [9.17, 15) is 4.79 Å². The van der Waals surface area contributed by atoms with E-state index in [0.717, 1.165) is 52.7 Å². The van der Waals surface area contributed by atoms with Crippen LogP contribution in [0.2, 0.25) is 0 Å². The van der Waals surface area contributed by atoms with Gasteiger partial charge in [0.2, 0.25) is 5.88 Å². The smallest absolute Gasteiger partial charge is 0.254 e. The molecule has 0 spiro atoms. The number of nitrogens with one attached hydrogen (secondary N) is 1. The van der Waals surface area contributed by atoms with Gasteiger partial charge in [0.05, 0.1) is 7.11 Å². The first-order chi connectivity index (χ1) is 15.2. The number of amides is 1. The summed E-state index contributed by atoms with van der Waals surface area (Å²) in [4.78, 5) is 27.4. The first kappa shape index (κ1) is 19.3. The average molecular weight is 412 g/mol. The van der Waals surface area contributed by atoms with Crippen LogP contribution in [0, 0.1) is 0 Å². The number of piperidine rings is 1. The van der Waals surface area contributed by atoms with Crippen LogP contribution < -0.4 is 4.74 Å². The number of nitrogens with zero attached hydrogens (tertiary/aromatic N) is 3. The summed E-state index contributed by atoms with van der Waals surface area (Å²) >= 11 is 0. The number of hydrogen-bond donors (Lipinski definition) is 1. The molecule has 6 nitrogen and oxygen atoms in total. The molecule has 0 aliphatic carbocycles. The van der Waals surface area contributed by atoms with Crippen molar-refractivity contribution in [3.05, 3.63) is 78.5 Å². The number of aromatic nitrogens is 3. The molecule has 2 aromatic heterocycles. The fourth-order valence-corrected chi connectivity index (χ4v) is 4.46. The summed E-state index contributed by atoms with van der Waals surface area (Å²) in [5.41, 5.74) is 2.78. The third-order valence-electron chi connectivity index (χ3n) is 6.02. The van der Waals surface area contributed by atoms with Gasteiger partial charge in [-0.25, -0.2) is 9.97 Å². The van der Waals surface area contributed by atoms with E-state index in [1.54, 1.807) is 19.5 Å². The standard InChI is InChI=1S/C25H24N4O2/c1-31-23-11-10-17(15-28-23)19-6-2-8-21-20(19)7-3-9-22(21)25(30)29-14-4-5-18(16-29)24-26-12-13-27-24/h2-3,6-13,15,18H,4-5,14,16H2,1H3,(H,26,27). The third kappa shape index (κ3) is 3.65. The molecule has 1 atom stereocenters. The van der Waals surface area contributed by atoms with E-state index in [2.05, 4.69) is 27.1 Å². The maximum absolute atomic E-state index is 13.5. The van der Waals surface area contributed by atoms with Crippen molar-refractivity contribution in [2.24, 2.45) is 0 Å². The number of benzene rings is 2. The normalized spacial score (nSPS) is 16.4. The fraction of sp³-hybridized carbons (Fsp3) is 0.240. The molecule has 4 aromatic rings. The van der Waals surface area contributed by atoms with E-state index in [-0.39, 0.29) is 11.8 Å². The van der Waals surface area contributed by atoms with Gasteiger partial charge in [0.1, 0.15) is 5.82 Å². The molecule has 1 aliphatic rings. The zero-order valence-corrected chi connectivity index (χ0v) is 17.4. The summed E-state index contributed by atoms with van der Waals surface area (Å²) < 4.78 is 5.18. The molecule has 1 aliphatic heterocycles. The molecule has 0 bridgehead atoms. The van der Waals surface area contributed by atoms with Gasteiger partial charge in [-0.05, 0) is 41.3 Å². The Bertz CT molecular complexity index is 1200. The number of H-pyrrole nitrogens is 1. The minimum Gasteiger partial charge on any atom is -0.481 e. The van der Waals surface area contributed by atoms with E-state index < -0.39 is 0 Å². The molecule has 5 rings (SSSR count). The molecule has 1 unspecified atom stereocenters. The molecular formula is C25H24N4O2. The molecule has 2 aromatic carbocycles. The Morgan fingerprint density at radius 2 is 1.97 bits per heavy atom. The largest absolute Gasteiger partial charge is 0.481 e. The predicted octanol–water partition coefficient (Wildman–Crippen LogP) is 4.65. The zero-order valence-electron chi connectivity index (χ0n) is 17.4. The van der Waals surface area contributed by atoms with Gasteiger partial charge in [0.15, 0.2) is 0 Å². The lowest BCUT2D eigenvalue weighted by molar-refractivity contribution is 0.0707. The van der Waals surface area contributed by atoms with Crippen molar-refractivity contribution in [3.8, 4) is 17.0 Å². The molecule has 1 fully saturated rings. The Morgan fingerprint density at radius 3 is 2.74 bits per heavy atom. The van der Waals surface area contributed by atoms with E-state index in [1.165, 1.54) is 0 Å². The van der Waals surface area contributed by atoms with E-state index >= 15 is 0 Å². The van der Waals surface area contributed by atoms with Crippen molar-refractivity contribution in [1.29, 1.82) is 0 Å². The van der Waals surface area contributed by atoms with Gasteiger partial charge in [-0.3, -0.25) is 4.79 Å². The van der Waals surface area contributed by atoms with Crippen LogP contribution in [0.1, 0.15) is 34.9 Å². The van der Waals surface area contributed by atoms with Gasteiger partial charge in [0, 0.05) is 54.8 Å². The van der Waals surface area contributed by atoms with Gasteiger partial charge in [0.25, 0.3) is 5.91 Å². The summed E-state index contributed by atoms with van der Waals surface area (Å²) in [6, 6.07) is 15.9. The van der Waals surface area contributed by atoms with Gasteiger partial charge >= 0.3 is 0 Å². The second kappa shape index (κ2) is 8.22. The summed E-state index contributed by atoms with van der Waals surface area (Å²) in [5, 5.41) is 2.00. The molecule has 6 heteroatoms. The topological polar surface area (TPSA) is 71.1 Å². The first-order valence-corrected chi connectivity index (χ1v) is 10.6. The molecule has 31 heavy (non-hydrogen) atoms. The van der Waals surface area contributed by atoms with Crippen molar-refractivity contribution in [2.45, 2.75) is 18.8 Å². The molecule has 0 saturated carbocycles. The van der Waals surface area contributed by atoms with Crippen molar-refractivity contribution in [2.75, 3.05) is 20.2 Å².